The summed E-state index contributed by atoms with van der Waals surface area (Å²) in [6, 6.07) is 30.3. The van der Waals surface area contributed by atoms with Gasteiger partial charge in [0.15, 0.2) is 7.14 Å². The van der Waals surface area contributed by atoms with Crippen molar-refractivity contribution < 1.29 is 21.2 Å². The maximum atomic E-state index is 2.27. The van der Waals surface area contributed by atoms with Crippen molar-refractivity contribution in [2.24, 2.45) is 0 Å². The second-order valence-electron chi connectivity index (χ2n) is 4.26. The highest BCUT2D eigenvalue weighted by Gasteiger charge is 2.14. The molecule has 3 aromatic rings. The van der Waals surface area contributed by atoms with Crippen molar-refractivity contribution in [2.45, 2.75) is 9.79 Å². The third kappa shape index (κ3) is 3.87. The highest BCUT2D eigenvalue weighted by Crippen LogP contribution is 2.26. The van der Waals surface area contributed by atoms with E-state index in [2.05, 4.69) is 84.9 Å². The Morgan fingerprint density at radius 1 is 0.500 bits per heavy atom. The van der Waals surface area contributed by atoms with Gasteiger partial charge in [-0.2, -0.15) is 0 Å². The second-order valence-corrected chi connectivity index (χ2v) is 8.44. The molecule has 0 saturated carbocycles. The van der Waals surface area contributed by atoms with Crippen LogP contribution in [0, 0.1) is 7.14 Å². The van der Waals surface area contributed by atoms with Crippen LogP contribution in [0.2, 0.25) is 0 Å². The number of rotatable bonds is 4. The summed E-state index contributed by atoms with van der Waals surface area (Å²) >= 11 is 1.76. The Bertz CT molecular complexity index is 588. The molecule has 20 heavy (non-hydrogen) atoms. The predicted molar refractivity (Wildman–Crippen MR) is 80.8 cm³/mol. The molecule has 0 saturated heterocycles. The van der Waals surface area contributed by atoms with Crippen LogP contribution < -0.4 is 21.2 Å². The van der Waals surface area contributed by atoms with E-state index in [1.807, 2.05) is 11.8 Å². The van der Waals surface area contributed by atoms with Crippen LogP contribution in [0.5, 0.6) is 0 Å². The van der Waals surface area contributed by atoms with E-state index in [4.69, 9.17) is 0 Å². The monoisotopic (exact) mass is 389 g/mol. The summed E-state index contributed by atoms with van der Waals surface area (Å²) in [5.74, 6) is 0. The fraction of sp³-hybridized carbons (Fsp3) is 0. The van der Waals surface area contributed by atoms with E-state index in [-0.39, 0.29) is 21.2 Å². The third-order valence-corrected chi connectivity index (χ3v) is 6.44. The first kappa shape index (κ1) is 13.7. The minimum Gasteiger partial charge on any atom is -0.0901 e. The standard InChI is InChI=1S/C18H14IS/c1-3-7-15(8-4-1)19-16-11-13-18(14-12-16)20-17-9-5-2-6-10-17/h1-14H/q+1. The minimum atomic E-state index is -0.0538. The van der Waals surface area contributed by atoms with Gasteiger partial charge in [-0.05, 0) is 48.5 Å². The number of hydrogen-bond donors (Lipinski definition) is 0. The Balaban J connectivity index is 1.69. The van der Waals surface area contributed by atoms with Gasteiger partial charge in [0.2, 0.25) is 0 Å². The molecule has 0 aliphatic rings. The topological polar surface area (TPSA) is 0 Å². The fourth-order valence-electron chi connectivity index (χ4n) is 1.79. The van der Waals surface area contributed by atoms with Gasteiger partial charge in [-0.1, -0.05) is 48.2 Å². The van der Waals surface area contributed by atoms with Crippen molar-refractivity contribution >= 4 is 11.8 Å². The minimum absolute atomic E-state index is 0.0538. The third-order valence-electron chi connectivity index (χ3n) is 2.74. The summed E-state index contributed by atoms with van der Waals surface area (Å²) in [5.41, 5.74) is 0. The van der Waals surface area contributed by atoms with E-state index in [1.54, 1.807) is 0 Å². The summed E-state index contributed by atoms with van der Waals surface area (Å²) < 4.78 is 2.93. The maximum absolute atomic E-state index is 2.27. The van der Waals surface area contributed by atoms with Crippen LogP contribution in [0.4, 0.5) is 0 Å². The van der Waals surface area contributed by atoms with E-state index in [9.17, 15) is 0 Å². The highest BCUT2D eigenvalue weighted by molar-refractivity contribution is 7.99. The highest BCUT2D eigenvalue weighted by atomic mass is 127. The largest absolute Gasteiger partial charge is 0.357 e. The number of hydrogen-bond acceptors (Lipinski definition) is 1. The SMILES string of the molecule is c1ccc(Sc2ccc([I+]c3ccccc3)cc2)cc1. The summed E-state index contributed by atoms with van der Waals surface area (Å²) in [7, 11) is 0. The number of benzene rings is 3. The summed E-state index contributed by atoms with van der Waals surface area (Å²) in [4.78, 5) is 2.59. The molecule has 0 bridgehead atoms. The lowest BCUT2D eigenvalue weighted by Gasteiger charge is -2.00. The second kappa shape index (κ2) is 6.95. The van der Waals surface area contributed by atoms with Crippen molar-refractivity contribution in [2.75, 3.05) is 0 Å². The number of halogens is 1. The molecule has 3 aromatic carbocycles. The zero-order valence-electron chi connectivity index (χ0n) is 10.9. The first-order valence-electron chi connectivity index (χ1n) is 6.43. The van der Waals surface area contributed by atoms with E-state index >= 15 is 0 Å². The summed E-state index contributed by atoms with van der Waals surface area (Å²) in [5, 5.41) is 0. The van der Waals surface area contributed by atoms with Crippen LogP contribution >= 0.6 is 11.8 Å². The lowest BCUT2D eigenvalue weighted by molar-refractivity contribution is -0.597. The Hall–Kier alpha value is -1.26. The Morgan fingerprint density at radius 3 is 1.65 bits per heavy atom. The van der Waals surface area contributed by atoms with Crippen molar-refractivity contribution in [3.63, 3.8) is 0 Å². The molecule has 0 aliphatic carbocycles. The van der Waals surface area contributed by atoms with Crippen LogP contribution in [0.25, 0.3) is 0 Å². The molecule has 2 heteroatoms. The van der Waals surface area contributed by atoms with Crippen molar-refractivity contribution in [3.8, 4) is 0 Å². The molecular formula is C18H14IS+. The van der Waals surface area contributed by atoms with Gasteiger partial charge in [0.05, 0.1) is 0 Å². The van der Waals surface area contributed by atoms with Gasteiger partial charge < -0.3 is 0 Å². The van der Waals surface area contributed by atoms with Crippen molar-refractivity contribution in [3.05, 3.63) is 92.1 Å². The molecule has 0 heterocycles. The van der Waals surface area contributed by atoms with Crippen LogP contribution in [0.1, 0.15) is 0 Å². The predicted octanol–water partition coefficient (Wildman–Crippen LogP) is 1.97. The molecular weight excluding hydrogens is 375 g/mol. The fourth-order valence-corrected chi connectivity index (χ4v) is 4.84. The molecule has 0 radical (unpaired) electrons. The van der Waals surface area contributed by atoms with Gasteiger partial charge in [-0.3, -0.25) is 0 Å². The molecule has 0 atom stereocenters. The molecule has 0 amide bonds. The van der Waals surface area contributed by atoms with Crippen LogP contribution in [-0.2, 0) is 0 Å². The Morgan fingerprint density at radius 2 is 1.00 bits per heavy atom. The van der Waals surface area contributed by atoms with E-state index in [0.717, 1.165) is 0 Å². The summed E-state index contributed by atoms with van der Waals surface area (Å²) in [6.45, 7) is 0. The molecule has 0 spiro atoms. The smallest absolute Gasteiger partial charge is 0.0901 e. The van der Waals surface area contributed by atoms with Crippen LogP contribution in [-0.4, -0.2) is 0 Å². The van der Waals surface area contributed by atoms with Gasteiger partial charge in [-0.15, -0.1) is 0 Å². The maximum Gasteiger partial charge on any atom is 0.357 e. The van der Waals surface area contributed by atoms with E-state index in [0.29, 0.717) is 0 Å². The summed E-state index contributed by atoms with van der Waals surface area (Å²) in [6.07, 6.45) is 0. The molecule has 0 aliphatic heterocycles. The normalized spacial score (nSPS) is 10.4. The van der Waals surface area contributed by atoms with Gasteiger partial charge in [0.25, 0.3) is 0 Å². The van der Waals surface area contributed by atoms with E-state index in [1.165, 1.54) is 16.9 Å². The molecule has 0 nitrogen and oxygen atoms in total. The van der Waals surface area contributed by atoms with Gasteiger partial charge in [-0.25, -0.2) is 0 Å². The lowest BCUT2D eigenvalue weighted by atomic mass is 10.4. The molecule has 3 rings (SSSR count). The molecule has 0 N–H and O–H groups in total. The quantitative estimate of drug-likeness (QED) is 0.615. The zero-order chi connectivity index (χ0) is 13.6. The van der Waals surface area contributed by atoms with E-state index < -0.39 is 0 Å². The lowest BCUT2D eigenvalue weighted by Crippen LogP contribution is -3.61. The first-order valence-corrected chi connectivity index (χ1v) is 9.40. The van der Waals surface area contributed by atoms with Gasteiger partial charge in [0, 0.05) is 9.79 Å². The molecule has 0 aromatic heterocycles. The van der Waals surface area contributed by atoms with Crippen molar-refractivity contribution in [1.29, 1.82) is 0 Å². The van der Waals surface area contributed by atoms with Gasteiger partial charge >= 0.3 is 21.2 Å². The Kier molecular flexibility index (Phi) is 4.77. The zero-order valence-corrected chi connectivity index (χ0v) is 13.8. The average Bonchev–Trinajstić information content (AvgIpc) is 2.51. The molecule has 0 fully saturated rings. The van der Waals surface area contributed by atoms with Gasteiger partial charge in [0.1, 0.15) is 0 Å². The first-order chi connectivity index (χ1) is 9.90. The molecule has 0 unspecified atom stereocenters. The van der Waals surface area contributed by atoms with Crippen LogP contribution in [0.15, 0.2) is 94.7 Å². The Labute approximate surface area is 134 Å². The molecule has 98 valence electrons. The van der Waals surface area contributed by atoms with Crippen LogP contribution in [0.3, 0.4) is 0 Å². The van der Waals surface area contributed by atoms with Crippen molar-refractivity contribution in [1.82, 2.24) is 0 Å². The average molecular weight is 389 g/mol.